The van der Waals surface area contributed by atoms with Gasteiger partial charge >= 0.3 is 0 Å². The second kappa shape index (κ2) is 7.94. The van der Waals surface area contributed by atoms with E-state index in [4.69, 9.17) is 10.7 Å². The summed E-state index contributed by atoms with van der Waals surface area (Å²) in [5.74, 6) is 0.993. The largest absolute Gasteiger partial charge is 0.369 e. The Labute approximate surface area is 161 Å². The van der Waals surface area contributed by atoms with Gasteiger partial charge < -0.3 is 15.2 Å². The molecule has 140 valence electrons. The van der Waals surface area contributed by atoms with Gasteiger partial charge in [-0.2, -0.15) is 0 Å². The van der Waals surface area contributed by atoms with Crippen molar-refractivity contribution in [2.75, 3.05) is 37.6 Å². The van der Waals surface area contributed by atoms with Crippen LogP contribution in [0.25, 0.3) is 11.4 Å². The number of aryl methyl sites for hydroxylation is 1. The van der Waals surface area contributed by atoms with Crippen LogP contribution in [0.5, 0.6) is 0 Å². The van der Waals surface area contributed by atoms with Crippen molar-refractivity contribution in [2.24, 2.45) is 12.8 Å². The van der Waals surface area contributed by atoms with E-state index in [1.165, 1.54) is 5.69 Å². The highest BCUT2D eigenvalue weighted by Crippen LogP contribution is 2.26. The Morgan fingerprint density at radius 3 is 2.19 bits per heavy atom. The van der Waals surface area contributed by atoms with Crippen LogP contribution in [0.15, 0.2) is 66.9 Å². The molecule has 0 saturated carbocycles. The second-order valence-electron chi connectivity index (χ2n) is 7.08. The summed E-state index contributed by atoms with van der Waals surface area (Å²) < 4.78 is 2.10. The van der Waals surface area contributed by atoms with Gasteiger partial charge in [0.15, 0.2) is 0 Å². The summed E-state index contributed by atoms with van der Waals surface area (Å²) in [5.41, 5.74) is 9.67. The first-order valence-corrected chi connectivity index (χ1v) is 9.59. The third kappa shape index (κ3) is 3.75. The standard InChI is InChI=1S/C22H27N5/c1-25-17-20(24-22(25)18-8-4-2-5-9-18)21(16-23)27-14-12-26(13-15-27)19-10-6-3-7-11-19/h2-11,17,21H,12-16,23H2,1H3. The Hall–Kier alpha value is -2.63. The first-order valence-electron chi connectivity index (χ1n) is 9.59. The smallest absolute Gasteiger partial charge is 0.140 e. The molecule has 0 radical (unpaired) electrons. The van der Waals surface area contributed by atoms with Crippen molar-refractivity contribution in [1.29, 1.82) is 0 Å². The predicted molar refractivity (Wildman–Crippen MR) is 111 cm³/mol. The Bertz CT molecular complexity index is 851. The van der Waals surface area contributed by atoms with Crippen LogP contribution in [0.4, 0.5) is 5.69 Å². The van der Waals surface area contributed by atoms with Crippen molar-refractivity contribution < 1.29 is 0 Å². The van der Waals surface area contributed by atoms with Crippen molar-refractivity contribution in [3.05, 3.63) is 72.6 Å². The van der Waals surface area contributed by atoms with Gasteiger partial charge in [0.1, 0.15) is 5.82 Å². The van der Waals surface area contributed by atoms with Crippen molar-refractivity contribution in [3.63, 3.8) is 0 Å². The lowest BCUT2D eigenvalue weighted by atomic mass is 10.1. The van der Waals surface area contributed by atoms with Crippen LogP contribution in [0.1, 0.15) is 11.7 Å². The van der Waals surface area contributed by atoms with Crippen LogP contribution >= 0.6 is 0 Å². The zero-order chi connectivity index (χ0) is 18.6. The first kappa shape index (κ1) is 17.8. The van der Waals surface area contributed by atoms with Gasteiger partial charge in [-0.1, -0.05) is 48.5 Å². The van der Waals surface area contributed by atoms with E-state index in [0.717, 1.165) is 43.3 Å². The summed E-state index contributed by atoms with van der Waals surface area (Å²) in [6.45, 7) is 4.59. The van der Waals surface area contributed by atoms with Crippen LogP contribution in [0.2, 0.25) is 0 Å². The summed E-state index contributed by atoms with van der Waals surface area (Å²) in [4.78, 5) is 9.84. The number of nitrogens with zero attached hydrogens (tertiary/aromatic N) is 4. The van der Waals surface area contributed by atoms with Gasteiger partial charge in [0.25, 0.3) is 0 Å². The number of aromatic nitrogens is 2. The quantitative estimate of drug-likeness (QED) is 0.759. The van der Waals surface area contributed by atoms with Crippen LogP contribution in [0, 0.1) is 0 Å². The van der Waals surface area contributed by atoms with Gasteiger partial charge in [0, 0.05) is 57.2 Å². The number of para-hydroxylation sites is 1. The van der Waals surface area contributed by atoms with Crippen molar-refractivity contribution in [3.8, 4) is 11.4 Å². The molecule has 1 aromatic heterocycles. The highest BCUT2D eigenvalue weighted by molar-refractivity contribution is 5.55. The van der Waals surface area contributed by atoms with E-state index in [1.54, 1.807) is 0 Å². The maximum atomic E-state index is 6.17. The second-order valence-corrected chi connectivity index (χ2v) is 7.08. The van der Waals surface area contributed by atoms with Crippen molar-refractivity contribution >= 4 is 5.69 Å². The summed E-state index contributed by atoms with van der Waals surface area (Å²) in [5, 5.41) is 0. The molecule has 0 amide bonds. The van der Waals surface area contributed by atoms with E-state index in [-0.39, 0.29) is 6.04 Å². The highest BCUT2D eigenvalue weighted by Gasteiger charge is 2.26. The molecular weight excluding hydrogens is 334 g/mol. The third-order valence-electron chi connectivity index (χ3n) is 5.37. The van der Waals surface area contributed by atoms with Crippen LogP contribution < -0.4 is 10.6 Å². The van der Waals surface area contributed by atoms with Gasteiger partial charge in [-0.25, -0.2) is 4.98 Å². The lowest BCUT2D eigenvalue weighted by Gasteiger charge is -2.39. The van der Waals surface area contributed by atoms with E-state index < -0.39 is 0 Å². The van der Waals surface area contributed by atoms with Crippen molar-refractivity contribution in [2.45, 2.75) is 6.04 Å². The Kier molecular flexibility index (Phi) is 5.23. The zero-order valence-electron chi connectivity index (χ0n) is 15.8. The average molecular weight is 361 g/mol. The molecule has 1 aliphatic rings. The fourth-order valence-electron chi connectivity index (χ4n) is 3.89. The molecule has 1 fully saturated rings. The number of piperazine rings is 1. The Balaban J connectivity index is 1.49. The molecule has 1 aliphatic heterocycles. The SMILES string of the molecule is Cn1cc(C(CN)N2CCN(c3ccccc3)CC2)nc1-c1ccccc1. The van der Waals surface area contributed by atoms with Crippen LogP contribution in [-0.2, 0) is 7.05 Å². The monoisotopic (exact) mass is 361 g/mol. The van der Waals surface area contributed by atoms with Gasteiger partial charge in [-0.3, -0.25) is 4.90 Å². The Morgan fingerprint density at radius 1 is 0.926 bits per heavy atom. The average Bonchev–Trinajstić information content (AvgIpc) is 3.12. The molecule has 0 bridgehead atoms. The minimum absolute atomic E-state index is 0.159. The molecule has 4 rings (SSSR count). The first-order chi connectivity index (χ1) is 13.3. The molecular formula is C22H27N5. The van der Waals surface area contributed by atoms with E-state index in [0.29, 0.717) is 6.54 Å². The summed E-state index contributed by atoms with van der Waals surface area (Å²) in [7, 11) is 2.06. The molecule has 27 heavy (non-hydrogen) atoms. The Morgan fingerprint density at radius 2 is 1.56 bits per heavy atom. The number of rotatable bonds is 5. The summed E-state index contributed by atoms with van der Waals surface area (Å²) >= 11 is 0. The number of hydrogen-bond donors (Lipinski definition) is 1. The molecule has 1 saturated heterocycles. The summed E-state index contributed by atoms with van der Waals surface area (Å²) in [6, 6.07) is 21.1. The van der Waals surface area contributed by atoms with Crippen molar-refractivity contribution in [1.82, 2.24) is 14.5 Å². The van der Waals surface area contributed by atoms with Gasteiger partial charge in [-0.05, 0) is 12.1 Å². The molecule has 2 N–H and O–H groups in total. The van der Waals surface area contributed by atoms with Gasteiger partial charge in [-0.15, -0.1) is 0 Å². The minimum atomic E-state index is 0.159. The molecule has 0 spiro atoms. The van der Waals surface area contributed by atoms with Gasteiger partial charge in [0.05, 0.1) is 11.7 Å². The predicted octanol–water partition coefficient (Wildman–Crippen LogP) is 2.91. The lowest BCUT2D eigenvalue weighted by Crippen LogP contribution is -2.49. The fraction of sp³-hybridized carbons (Fsp3) is 0.318. The van der Waals surface area contributed by atoms with E-state index in [2.05, 4.69) is 70.1 Å². The van der Waals surface area contributed by atoms with E-state index >= 15 is 0 Å². The molecule has 5 heteroatoms. The zero-order valence-corrected chi connectivity index (χ0v) is 15.8. The van der Waals surface area contributed by atoms with Gasteiger partial charge in [0.2, 0.25) is 0 Å². The highest BCUT2D eigenvalue weighted by atomic mass is 15.3. The lowest BCUT2D eigenvalue weighted by molar-refractivity contribution is 0.187. The maximum absolute atomic E-state index is 6.17. The molecule has 5 nitrogen and oxygen atoms in total. The normalized spacial score (nSPS) is 16.4. The minimum Gasteiger partial charge on any atom is -0.369 e. The van der Waals surface area contributed by atoms with E-state index in [1.807, 2.05) is 18.2 Å². The molecule has 3 aromatic rings. The molecule has 2 heterocycles. The molecule has 1 atom stereocenters. The number of nitrogens with two attached hydrogens (primary N) is 1. The molecule has 0 aliphatic carbocycles. The number of anilines is 1. The van der Waals surface area contributed by atoms with Crippen LogP contribution in [-0.4, -0.2) is 47.2 Å². The molecule has 1 unspecified atom stereocenters. The van der Waals surface area contributed by atoms with E-state index in [9.17, 15) is 0 Å². The topological polar surface area (TPSA) is 50.3 Å². The summed E-state index contributed by atoms with van der Waals surface area (Å²) in [6.07, 6.45) is 2.13. The fourth-order valence-corrected chi connectivity index (χ4v) is 3.89. The number of imidazole rings is 1. The number of benzene rings is 2. The maximum Gasteiger partial charge on any atom is 0.140 e. The third-order valence-corrected chi connectivity index (χ3v) is 5.37. The van der Waals surface area contributed by atoms with Crippen LogP contribution in [0.3, 0.4) is 0 Å². The number of hydrogen-bond acceptors (Lipinski definition) is 4. The molecule has 2 aromatic carbocycles.